The third-order valence-electron chi connectivity index (χ3n) is 4.66. The van der Waals surface area contributed by atoms with E-state index in [1.54, 1.807) is 0 Å². The van der Waals surface area contributed by atoms with Gasteiger partial charge in [0, 0.05) is 17.7 Å². The molecule has 0 saturated heterocycles. The molecule has 130 valence electrons. The number of anilines is 1. The third kappa shape index (κ3) is 4.67. The summed E-state index contributed by atoms with van der Waals surface area (Å²) in [5.74, 6) is 1.76. The maximum atomic E-state index is 5.88. The topological polar surface area (TPSA) is 44.5 Å². The van der Waals surface area contributed by atoms with Crippen LogP contribution in [0.25, 0.3) is 0 Å². The molecule has 0 aliphatic rings. The Labute approximate surface area is 145 Å². The van der Waals surface area contributed by atoms with E-state index in [1.807, 2.05) is 25.1 Å². The standard InChI is InChI=1S/C21H29NO2/c1-5-21(3,4)17-10-12-18(13-11-17)23-14-7-15-24-20-9-6-8-19(22)16(20)2/h6,8-13H,5,7,14-15,22H2,1-4H3. The number of nitrogens with two attached hydrogens (primary N) is 1. The molecule has 0 amide bonds. The second-order valence-electron chi connectivity index (χ2n) is 6.78. The van der Waals surface area contributed by atoms with E-state index in [4.69, 9.17) is 15.2 Å². The normalized spacial score (nSPS) is 11.3. The van der Waals surface area contributed by atoms with Crippen molar-refractivity contribution < 1.29 is 9.47 Å². The van der Waals surface area contributed by atoms with Crippen LogP contribution in [0.15, 0.2) is 42.5 Å². The van der Waals surface area contributed by atoms with Crippen LogP contribution in [0.3, 0.4) is 0 Å². The van der Waals surface area contributed by atoms with Gasteiger partial charge in [0.05, 0.1) is 13.2 Å². The van der Waals surface area contributed by atoms with Gasteiger partial charge in [-0.3, -0.25) is 0 Å². The average Bonchev–Trinajstić information content (AvgIpc) is 2.58. The van der Waals surface area contributed by atoms with Crippen molar-refractivity contribution in [3.05, 3.63) is 53.6 Å². The highest BCUT2D eigenvalue weighted by Gasteiger charge is 2.17. The summed E-state index contributed by atoms with van der Waals surface area (Å²) in [6.07, 6.45) is 1.95. The molecule has 0 heterocycles. The Balaban J connectivity index is 1.75. The number of benzene rings is 2. The molecule has 2 aromatic rings. The molecule has 0 fully saturated rings. The van der Waals surface area contributed by atoms with E-state index in [9.17, 15) is 0 Å². The predicted molar refractivity (Wildman–Crippen MR) is 101 cm³/mol. The Kier molecular flexibility index (Phi) is 6.13. The lowest BCUT2D eigenvalue weighted by Gasteiger charge is -2.23. The van der Waals surface area contributed by atoms with Crippen LogP contribution in [0, 0.1) is 6.92 Å². The Morgan fingerprint density at radius 1 is 0.958 bits per heavy atom. The summed E-state index contributed by atoms with van der Waals surface area (Å²) in [5, 5.41) is 0. The summed E-state index contributed by atoms with van der Waals surface area (Å²) >= 11 is 0. The molecule has 3 nitrogen and oxygen atoms in total. The fraction of sp³-hybridized carbons (Fsp3) is 0.429. The first-order valence-corrected chi connectivity index (χ1v) is 8.65. The van der Waals surface area contributed by atoms with Crippen molar-refractivity contribution >= 4 is 5.69 Å². The van der Waals surface area contributed by atoms with Crippen molar-refractivity contribution in [2.24, 2.45) is 0 Å². The van der Waals surface area contributed by atoms with E-state index in [2.05, 4.69) is 45.0 Å². The summed E-state index contributed by atoms with van der Waals surface area (Å²) in [6.45, 7) is 9.97. The van der Waals surface area contributed by atoms with E-state index < -0.39 is 0 Å². The van der Waals surface area contributed by atoms with Crippen LogP contribution >= 0.6 is 0 Å². The van der Waals surface area contributed by atoms with Gasteiger partial charge in [0.2, 0.25) is 0 Å². The van der Waals surface area contributed by atoms with Gasteiger partial charge in [0.15, 0.2) is 0 Å². The van der Waals surface area contributed by atoms with Crippen molar-refractivity contribution in [2.45, 2.75) is 46.0 Å². The maximum absolute atomic E-state index is 5.88. The van der Waals surface area contributed by atoms with E-state index >= 15 is 0 Å². The van der Waals surface area contributed by atoms with E-state index in [1.165, 1.54) is 5.56 Å². The molecule has 0 unspecified atom stereocenters. The van der Waals surface area contributed by atoms with Crippen LogP contribution in [0.5, 0.6) is 11.5 Å². The molecule has 0 saturated carbocycles. The molecule has 0 aliphatic carbocycles. The van der Waals surface area contributed by atoms with Crippen LogP contribution in [0.4, 0.5) is 5.69 Å². The molecule has 2 aromatic carbocycles. The van der Waals surface area contributed by atoms with E-state index in [0.29, 0.717) is 13.2 Å². The van der Waals surface area contributed by atoms with Gasteiger partial charge in [0.1, 0.15) is 11.5 Å². The highest BCUT2D eigenvalue weighted by molar-refractivity contribution is 5.53. The predicted octanol–water partition coefficient (Wildman–Crippen LogP) is 5.11. The molecule has 0 spiro atoms. The summed E-state index contributed by atoms with van der Waals surface area (Å²) in [6, 6.07) is 14.2. The molecule has 3 heteroatoms. The van der Waals surface area contributed by atoms with E-state index in [0.717, 1.165) is 35.6 Å². The van der Waals surface area contributed by atoms with Crippen LogP contribution in [-0.4, -0.2) is 13.2 Å². The highest BCUT2D eigenvalue weighted by Crippen LogP contribution is 2.28. The van der Waals surface area contributed by atoms with Gasteiger partial charge in [0.25, 0.3) is 0 Å². The molecule has 0 bridgehead atoms. The summed E-state index contributed by atoms with van der Waals surface area (Å²) in [4.78, 5) is 0. The van der Waals surface area contributed by atoms with Gasteiger partial charge < -0.3 is 15.2 Å². The molecular formula is C21H29NO2. The van der Waals surface area contributed by atoms with Crippen molar-refractivity contribution in [2.75, 3.05) is 18.9 Å². The first kappa shape index (κ1) is 18.2. The highest BCUT2D eigenvalue weighted by atomic mass is 16.5. The van der Waals surface area contributed by atoms with Crippen LogP contribution in [0.1, 0.15) is 44.7 Å². The molecule has 2 N–H and O–H groups in total. The second-order valence-corrected chi connectivity index (χ2v) is 6.78. The van der Waals surface area contributed by atoms with Crippen LogP contribution in [-0.2, 0) is 5.41 Å². The first-order chi connectivity index (χ1) is 11.4. The minimum Gasteiger partial charge on any atom is -0.493 e. The Bertz CT molecular complexity index is 647. The molecule has 24 heavy (non-hydrogen) atoms. The minimum absolute atomic E-state index is 0.210. The molecule has 0 atom stereocenters. The Hall–Kier alpha value is -2.16. The molecule has 0 aromatic heterocycles. The second kappa shape index (κ2) is 8.09. The smallest absolute Gasteiger partial charge is 0.124 e. The lowest BCUT2D eigenvalue weighted by atomic mass is 9.82. The van der Waals surface area contributed by atoms with Gasteiger partial charge in [-0.1, -0.05) is 39.0 Å². The number of rotatable bonds is 8. The monoisotopic (exact) mass is 327 g/mol. The fourth-order valence-electron chi connectivity index (χ4n) is 2.43. The quantitative estimate of drug-likeness (QED) is 0.541. The first-order valence-electron chi connectivity index (χ1n) is 8.65. The van der Waals surface area contributed by atoms with E-state index in [-0.39, 0.29) is 5.41 Å². The molecule has 2 rings (SSSR count). The lowest BCUT2D eigenvalue weighted by Crippen LogP contribution is -2.15. The summed E-state index contributed by atoms with van der Waals surface area (Å²) in [7, 11) is 0. The Morgan fingerprint density at radius 3 is 2.29 bits per heavy atom. The zero-order chi connectivity index (χ0) is 17.6. The molecule has 0 radical (unpaired) electrons. The van der Waals surface area contributed by atoms with Gasteiger partial charge in [-0.15, -0.1) is 0 Å². The van der Waals surface area contributed by atoms with Crippen molar-refractivity contribution in [1.82, 2.24) is 0 Å². The largest absolute Gasteiger partial charge is 0.493 e. The number of ether oxygens (including phenoxy) is 2. The summed E-state index contributed by atoms with van der Waals surface area (Å²) in [5.41, 5.74) is 9.19. The number of hydrogen-bond acceptors (Lipinski definition) is 3. The zero-order valence-electron chi connectivity index (χ0n) is 15.3. The zero-order valence-corrected chi connectivity index (χ0v) is 15.3. The van der Waals surface area contributed by atoms with Crippen molar-refractivity contribution in [3.63, 3.8) is 0 Å². The number of hydrogen-bond donors (Lipinski definition) is 1. The van der Waals surface area contributed by atoms with Crippen LogP contribution in [0.2, 0.25) is 0 Å². The van der Waals surface area contributed by atoms with Gasteiger partial charge in [-0.2, -0.15) is 0 Å². The minimum atomic E-state index is 0.210. The van der Waals surface area contributed by atoms with Gasteiger partial charge >= 0.3 is 0 Å². The lowest BCUT2D eigenvalue weighted by molar-refractivity contribution is 0.246. The molecule has 0 aliphatic heterocycles. The number of nitrogen functional groups attached to an aromatic ring is 1. The fourth-order valence-corrected chi connectivity index (χ4v) is 2.43. The van der Waals surface area contributed by atoms with Crippen LogP contribution < -0.4 is 15.2 Å². The Morgan fingerprint density at radius 2 is 1.62 bits per heavy atom. The third-order valence-corrected chi connectivity index (χ3v) is 4.66. The average molecular weight is 327 g/mol. The SMILES string of the molecule is CCC(C)(C)c1ccc(OCCCOc2cccc(N)c2C)cc1. The van der Waals surface area contributed by atoms with Gasteiger partial charge in [-0.25, -0.2) is 0 Å². The molecular weight excluding hydrogens is 298 g/mol. The van der Waals surface area contributed by atoms with Crippen molar-refractivity contribution in [1.29, 1.82) is 0 Å². The maximum Gasteiger partial charge on any atom is 0.124 e. The summed E-state index contributed by atoms with van der Waals surface area (Å²) < 4.78 is 11.6. The van der Waals surface area contributed by atoms with Crippen molar-refractivity contribution in [3.8, 4) is 11.5 Å². The van der Waals surface area contributed by atoms with Gasteiger partial charge in [-0.05, 0) is 48.6 Å².